The number of benzene rings is 3. The second-order valence-corrected chi connectivity index (χ2v) is 8.66. The monoisotopic (exact) mass is 511 g/mol. The van der Waals surface area contributed by atoms with Crippen molar-refractivity contribution in [2.24, 2.45) is 0 Å². The average Bonchev–Trinajstić information content (AvgIpc) is 3.42. The van der Waals surface area contributed by atoms with Gasteiger partial charge >= 0.3 is 0 Å². The molecule has 0 fully saturated rings. The minimum atomic E-state index is -1.30. The Morgan fingerprint density at radius 3 is 2.11 bits per heavy atom. The van der Waals surface area contributed by atoms with Crippen LogP contribution in [0.25, 0.3) is 11.2 Å². The van der Waals surface area contributed by atoms with E-state index >= 15 is 0 Å². The minimum Gasteiger partial charge on any atom is -0.497 e. The van der Waals surface area contributed by atoms with Crippen LogP contribution in [0.5, 0.6) is 5.75 Å². The van der Waals surface area contributed by atoms with Gasteiger partial charge in [-0.2, -0.15) is 0 Å². The van der Waals surface area contributed by atoms with Gasteiger partial charge in [0, 0.05) is 6.61 Å². The standard InChI is InChI=1S/C29H29N5O4/c1-37-24-15-13-23(14-16-24)29(21-9-4-2-5-10-21,22-11-6-3-7-12-22)33-26-25-27(31-19-30-26)34(20-32-25)28(36)38-18-8-17-35/h2-7,9-16,19-20,28,35-36H,8,17-18H2,1H3,(H,30,31,33). The summed E-state index contributed by atoms with van der Waals surface area (Å²) in [6, 6.07) is 28.2. The maximum atomic E-state index is 10.6. The number of nitrogens with zero attached hydrogens (tertiary/aromatic N) is 4. The van der Waals surface area contributed by atoms with Crippen LogP contribution in [0.15, 0.2) is 97.6 Å². The van der Waals surface area contributed by atoms with Gasteiger partial charge in [-0.1, -0.05) is 72.8 Å². The zero-order valence-electron chi connectivity index (χ0n) is 20.9. The molecule has 0 amide bonds. The number of anilines is 1. The van der Waals surface area contributed by atoms with Gasteiger partial charge in [0.1, 0.15) is 23.9 Å². The quantitative estimate of drug-likeness (QED) is 0.138. The number of aliphatic hydroxyl groups is 2. The first kappa shape index (κ1) is 25.3. The summed E-state index contributed by atoms with van der Waals surface area (Å²) in [5, 5.41) is 23.3. The SMILES string of the molecule is COc1ccc(C(Nc2ncnc3c2ncn3C(O)OCCCO)(c2ccccc2)c2ccccc2)cc1. The summed E-state index contributed by atoms with van der Waals surface area (Å²) < 4.78 is 12.3. The van der Waals surface area contributed by atoms with Gasteiger partial charge in [-0.3, -0.25) is 4.57 Å². The zero-order valence-corrected chi connectivity index (χ0v) is 20.9. The van der Waals surface area contributed by atoms with E-state index in [4.69, 9.17) is 14.6 Å². The minimum absolute atomic E-state index is 0.0277. The zero-order chi connectivity index (χ0) is 26.4. The van der Waals surface area contributed by atoms with Gasteiger partial charge < -0.3 is 25.0 Å². The van der Waals surface area contributed by atoms with Gasteiger partial charge in [0.15, 0.2) is 17.0 Å². The van der Waals surface area contributed by atoms with Crippen molar-refractivity contribution < 1.29 is 19.7 Å². The predicted octanol–water partition coefficient (Wildman–Crippen LogP) is 4.09. The van der Waals surface area contributed by atoms with Gasteiger partial charge in [-0.15, -0.1) is 0 Å². The summed E-state index contributed by atoms with van der Waals surface area (Å²) in [7, 11) is 1.64. The molecule has 3 N–H and O–H groups in total. The van der Waals surface area contributed by atoms with Gasteiger partial charge in [-0.25, -0.2) is 15.0 Å². The lowest BCUT2D eigenvalue weighted by atomic mass is 9.77. The molecule has 194 valence electrons. The smallest absolute Gasteiger partial charge is 0.244 e. The van der Waals surface area contributed by atoms with Crippen LogP contribution in [0, 0.1) is 0 Å². The lowest BCUT2D eigenvalue weighted by Crippen LogP contribution is -2.38. The highest BCUT2D eigenvalue weighted by Crippen LogP contribution is 2.41. The van der Waals surface area contributed by atoms with Crippen LogP contribution >= 0.6 is 0 Å². The summed E-state index contributed by atoms with van der Waals surface area (Å²) in [5.74, 6) is 1.24. The van der Waals surface area contributed by atoms with Gasteiger partial charge in [0.05, 0.1) is 13.7 Å². The van der Waals surface area contributed by atoms with E-state index in [-0.39, 0.29) is 13.2 Å². The van der Waals surface area contributed by atoms with Crippen LogP contribution in [0.1, 0.15) is 29.5 Å². The number of fused-ring (bicyclic) bond motifs is 1. The molecule has 0 spiro atoms. The summed E-state index contributed by atoms with van der Waals surface area (Å²) in [5.41, 5.74) is 2.99. The highest BCUT2D eigenvalue weighted by Gasteiger charge is 2.37. The first-order chi connectivity index (χ1) is 18.7. The number of nitrogens with one attached hydrogen (secondary N) is 1. The molecule has 1 atom stereocenters. The largest absolute Gasteiger partial charge is 0.497 e. The van der Waals surface area contributed by atoms with E-state index in [1.165, 1.54) is 17.2 Å². The highest BCUT2D eigenvalue weighted by atomic mass is 16.6. The van der Waals surface area contributed by atoms with Crippen molar-refractivity contribution in [2.45, 2.75) is 18.4 Å². The summed E-state index contributed by atoms with van der Waals surface area (Å²) >= 11 is 0. The number of ether oxygens (including phenoxy) is 2. The molecule has 0 saturated carbocycles. The molecule has 5 aromatic rings. The molecule has 9 nitrogen and oxygen atoms in total. The molecule has 1 unspecified atom stereocenters. The second-order valence-electron chi connectivity index (χ2n) is 8.66. The number of hydrogen-bond acceptors (Lipinski definition) is 8. The van der Waals surface area contributed by atoms with E-state index in [1.807, 2.05) is 60.7 Å². The van der Waals surface area contributed by atoms with E-state index in [1.54, 1.807) is 7.11 Å². The molecule has 0 aliphatic carbocycles. The summed E-state index contributed by atoms with van der Waals surface area (Å²) in [6.07, 6.45) is 2.00. The number of aromatic nitrogens is 4. The van der Waals surface area contributed by atoms with E-state index in [2.05, 4.69) is 44.5 Å². The highest BCUT2D eigenvalue weighted by molar-refractivity contribution is 5.84. The maximum Gasteiger partial charge on any atom is 0.244 e. The first-order valence-corrected chi connectivity index (χ1v) is 12.3. The van der Waals surface area contributed by atoms with Crippen molar-refractivity contribution in [1.82, 2.24) is 19.5 Å². The Labute approximate surface area is 220 Å². The molecule has 0 radical (unpaired) electrons. The first-order valence-electron chi connectivity index (χ1n) is 12.3. The molecule has 0 aliphatic heterocycles. The van der Waals surface area contributed by atoms with Crippen molar-refractivity contribution in [3.05, 3.63) is 114 Å². The number of aliphatic hydroxyl groups excluding tert-OH is 2. The molecule has 38 heavy (non-hydrogen) atoms. The van der Waals surface area contributed by atoms with Crippen molar-refractivity contribution >= 4 is 17.0 Å². The number of hydrogen-bond donors (Lipinski definition) is 3. The normalized spacial score (nSPS) is 12.4. The molecule has 2 aromatic heterocycles. The van der Waals surface area contributed by atoms with E-state index < -0.39 is 12.0 Å². The van der Waals surface area contributed by atoms with Crippen LogP contribution in [-0.4, -0.2) is 50.1 Å². The summed E-state index contributed by atoms with van der Waals surface area (Å²) in [4.78, 5) is 13.5. The Morgan fingerprint density at radius 2 is 1.50 bits per heavy atom. The Balaban J connectivity index is 1.67. The fourth-order valence-electron chi connectivity index (χ4n) is 4.55. The van der Waals surface area contributed by atoms with E-state index in [9.17, 15) is 5.11 Å². The third-order valence-corrected chi connectivity index (χ3v) is 6.41. The molecule has 0 bridgehead atoms. The second kappa shape index (κ2) is 11.4. The fraction of sp³-hybridized carbons (Fsp3) is 0.207. The molecule has 3 aromatic carbocycles. The van der Waals surface area contributed by atoms with Crippen LogP contribution < -0.4 is 10.1 Å². The molecular formula is C29H29N5O4. The Kier molecular flexibility index (Phi) is 7.60. The number of rotatable bonds is 11. The third kappa shape index (κ3) is 4.82. The van der Waals surface area contributed by atoms with Gasteiger partial charge in [0.2, 0.25) is 6.41 Å². The predicted molar refractivity (Wildman–Crippen MR) is 144 cm³/mol. The Morgan fingerprint density at radius 1 is 0.868 bits per heavy atom. The lowest BCUT2D eigenvalue weighted by Gasteiger charge is -2.37. The molecule has 0 saturated heterocycles. The average molecular weight is 512 g/mol. The van der Waals surface area contributed by atoms with Crippen molar-refractivity contribution in [2.75, 3.05) is 25.6 Å². The lowest BCUT2D eigenvalue weighted by molar-refractivity contribution is -0.152. The Bertz CT molecular complexity index is 1420. The number of methoxy groups -OCH3 is 1. The molecule has 5 rings (SSSR count). The molecule has 0 aliphatic rings. The van der Waals surface area contributed by atoms with Crippen LogP contribution in [-0.2, 0) is 10.3 Å². The van der Waals surface area contributed by atoms with Crippen molar-refractivity contribution in [3.8, 4) is 5.75 Å². The topological polar surface area (TPSA) is 115 Å². The van der Waals surface area contributed by atoms with Crippen molar-refractivity contribution in [1.29, 1.82) is 0 Å². The van der Waals surface area contributed by atoms with E-state index in [0.29, 0.717) is 23.4 Å². The summed E-state index contributed by atoms with van der Waals surface area (Å²) in [6.45, 7) is 0.163. The van der Waals surface area contributed by atoms with E-state index in [0.717, 1.165) is 22.4 Å². The van der Waals surface area contributed by atoms with Gasteiger partial charge in [-0.05, 0) is 35.2 Å². The van der Waals surface area contributed by atoms with Crippen LogP contribution in [0.3, 0.4) is 0 Å². The van der Waals surface area contributed by atoms with Crippen LogP contribution in [0.2, 0.25) is 0 Å². The van der Waals surface area contributed by atoms with Gasteiger partial charge in [0.25, 0.3) is 0 Å². The molecule has 2 heterocycles. The maximum absolute atomic E-state index is 10.6. The molecular weight excluding hydrogens is 482 g/mol. The molecule has 9 heteroatoms. The third-order valence-electron chi connectivity index (χ3n) is 6.41. The number of imidazole rings is 1. The van der Waals surface area contributed by atoms with Crippen molar-refractivity contribution in [3.63, 3.8) is 0 Å². The fourth-order valence-corrected chi connectivity index (χ4v) is 4.55. The Hall–Kier alpha value is -4.31. The van der Waals surface area contributed by atoms with Crippen LogP contribution in [0.4, 0.5) is 5.82 Å².